The van der Waals surface area contributed by atoms with Gasteiger partial charge in [0.2, 0.25) is 0 Å². The van der Waals surface area contributed by atoms with Gasteiger partial charge < -0.3 is 9.72 Å². The van der Waals surface area contributed by atoms with Crippen LogP contribution in [0.2, 0.25) is 0 Å². The van der Waals surface area contributed by atoms with Gasteiger partial charge in [-0.1, -0.05) is 13.8 Å². The van der Waals surface area contributed by atoms with Crippen LogP contribution in [-0.4, -0.2) is 31.3 Å². The zero-order chi connectivity index (χ0) is 17.3. The Kier molecular flexibility index (Phi) is 3.26. The van der Waals surface area contributed by atoms with E-state index < -0.39 is 0 Å². The zero-order valence-corrected chi connectivity index (χ0v) is 14.7. The highest BCUT2D eigenvalue weighted by Crippen LogP contribution is 2.61. The molecule has 1 N–H and O–H groups in total. The minimum Gasteiger partial charge on any atom is -0.369 e. The minimum atomic E-state index is -0.239. The molecule has 0 amide bonds. The fraction of sp³-hybridized carbons (Fsp3) is 0.722. The van der Waals surface area contributed by atoms with Gasteiger partial charge in [-0.3, -0.25) is 13.9 Å². The van der Waals surface area contributed by atoms with Crippen molar-refractivity contribution in [1.82, 2.24) is 19.1 Å². The van der Waals surface area contributed by atoms with Gasteiger partial charge in [0.05, 0.1) is 12.2 Å². The molecule has 134 valence electrons. The Bertz CT molecular complexity index is 956. The summed E-state index contributed by atoms with van der Waals surface area (Å²) in [4.78, 5) is 33.6. The Morgan fingerprint density at radius 2 is 1.88 bits per heavy atom. The molecule has 1 aliphatic heterocycles. The van der Waals surface area contributed by atoms with Gasteiger partial charge in [0.15, 0.2) is 5.65 Å². The van der Waals surface area contributed by atoms with Crippen LogP contribution in [0.25, 0.3) is 11.2 Å². The second-order valence-corrected chi connectivity index (χ2v) is 7.78. The molecule has 1 saturated heterocycles. The number of fused-ring (bicyclic) bond motifs is 6. The molecule has 0 radical (unpaired) electrons. The largest absolute Gasteiger partial charge is 0.369 e. The highest BCUT2D eigenvalue weighted by Gasteiger charge is 2.63. The van der Waals surface area contributed by atoms with Gasteiger partial charge in [-0.15, -0.1) is 0 Å². The number of ether oxygens (including phenoxy) is 1. The van der Waals surface area contributed by atoms with Gasteiger partial charge in [-0.05, 0) is 37.5 Å². The average Bonchev–Trinajstić information content (AvgIpc) is 2.99. The first kappa shape index (κ1) is 15.4. The fourth-order valence-electron chi connectivity index (χ4n) is 5.12. The van der Waals surface area contributed by atoms with Crippen molar-refractivity contribution in [1.29, 1.82) is 0 Å². The van der Waals surface area contributed by atoms with Gasteiger partial charge in [0.1, 0.15) is 11.3 Å². The van der Waals surface area contributed by atoms with Gasteiger partial charge in [0.25, 0.3) is 5.56 Å². The van der Waals surface area contributed by atoms with Crippen LogP contribution in [0, 0.1) is 11.8 Å². The standard InChI is InChI=1S/C18H24N4O3/c1-3-5-21-16-12(17(23)22(6-4-2)18(21)24)19-15(20-16)11-8-9-7-10(11)14-13(9)25-14/h9-11,13-14H,3-8H2,1-2H3,(H,19,20)/t9-,10-,11?,13+,14-/m1/s1. The molecule has 7 heteroatoms. The quantitative estimate of drug-likeness (QED) is 0.835. The summed E-state index contributed by atoms with van der Waals surface area (Å²) in [6, 6.07) is 0. The highest BCUT2D eigenvalue weighted by atomic mass is 16.6. The Balaban J connectivity index is 1.65. The molecular weight excluding hydrogens is 320 g/mol. The van der Waals surface area contributed by atoms with E-state index in [1.807, 2.05) is 13.8 Å². The number of hydrogen-bond donors (Lipinski definition) is 1. The average molecular weight is 344 g/mol. The monoisotopic (exact) mass is 344 g/mol. The Morgan fingerprint density at radius 1 is 1.12 bits per heavy atom. The molecule has 7 nitrogen and oxygen atoms in total. The van der Waals surface area contributed by atoms with Crippen LogP contribution in [0.3, 0.4) is 0 Å². The summed E-state index contributed by atoms with van der Waals surface area (Å²) in [6.07, 6.45) is 4.73. The lowest BCUT2D eigenvalue weighted by atomic mass is 9.88. The second kappa shape index (κ2) is 5.30. The van der Waals surface area contributed by atoms with Gasteiger partial charge in [-0.25, -0.2) is 9.78 Å². The first-order chi connectivity index (χ1) is 12.1. The molecule has 2 bridgehead atoms. The molecule has 3 fully saturated rings. The fourth-order valence-corrected chi connectivity index (χ4v) is 5.12. The van der Waals surface area contributed by atoms with Gasteiger partial charge in [0, 0.05) is 19.0 Å². The maximum absolute atomic E-state index is 12.8. The van der Waals surface area contributed by atoms with E-state index in [1.54, 1.807) is 4.57 Å². The van der Waals surface area contributed by atoms with Crippen molar-refractivity contribution in [3.63, 3.8) is 0 Å². The molecule has 5 atom stereocenters. The molecule has 0 spiro atoms. The molecule has 2 aromatic rings. The number of nitrogens with zero attached hydrogens (tertiary/aromatic N) is 3. The predicted molar refractivity (Wildman–Crippen MR) is 92.8 cm³/mol. The van der Waals surface area contributed by atoms with E-state index in [9.17, 15) is 9.59 Å². The van der Waals surface area contributed by atoms with Gasteiger partial charge in [-0.2, -0.15) is 0 Å². The third-order valence-corrected chi connectivity index (χ3v) is 6.22. The molecule has 0 aromatic carbocycles. The van der Waals surface area contributed by atoms with Crippen LogP contribution in [0.5, 0.6) is 0 Å². The van der Waals surface area contributed by atoms with Crippen molar-refractivity contribution < 1.29 is 4.74 Å². The number of aromatic nitrogens is 4. The number of hydrogen-bond acceptors (Lipinski definition) is 4. The maximum Gasteiger partial charge on any atom is 0.332 e. The predicted octanol–water partition coefficient (Wildman–Crippen LogP) is 1.60. The number of rotatable bonds is 5. The number of H-pyrrole nitrogens is 1. The van der Waals surface area contributed by atoms with Crippen molar-refractivity contribution in [2.24, 2.45) is 11.8 Å². The molecule has 2 saturated carbocycles. The summed E-state index contributed by atoms with van der Waals surface area (Å²) in [5.41, 5.74) is 0.525. The van der Waals surface area contributed by atoms with E-state index in [2.05, 4.69) is 4.98 Å². The van der Waals surface area contributed by atoms with Crippen molar-refractivity contribution in [2.45, 2.75) is 70.7 Å². The van der Waals surface area contributed by atoms with Crippen LogP contribution in [0.1, 0.15) is 51.3 Å². The van der Waals surface area contributed by atoms with Crippen molar-refractivity contribution in [2.75, 3.05) is 0 Å². The molecule has 1 unspecified atom stereocenters. The number of aromatic amines is 1. The normalized spacial score (nSPS) is 32.5. The van der Waals surface area contributed by atoms with Crippen molar-refractivity contribution in [3.8, 4) is 0 Å². The summed E-state index contributed by atoms with van der Waals surface area (Å²) < 4.78 is 8.77. The van der Waals surface area contributed by atoms with Crippen LogP contribution >= 0.6 is 0 Å². The van der Waals surface area contributed by atoms with E-state index in [4.69, 9.17) is 9.72 Å². The van der Waals surface area contributed by atoms with Crippen LogP contribution in [-0.2, 0) is 17.8 Å². The number of aryl methyl sites for hydroxylation is 1. The minimum absolute atomic E-state index is 0.238. The Labute approximate surface area is 145 Å². The zero-order valence-electron chi connectivity index (χ0n) is 14.7. The van der Waals surface area contributed by atoms with E-state index in [-0.39, 0.29) is 11.2 Å². The molecule has 25 heavy (non-hydrogen) atoms. The first-order valence-corrected chi connectivity index (χ1v) is 9.52. The third-order valence-electron chi connectivity index (χ3n) is 6.22. The van der Waals surface area contributed by atoms with E-state index in [0.717, 1.165) is 25.1 Å². The molecule has 2 aliphatic carbocycles. The van der Waals surface area contributed by atoms with Crippen LogP contribution < -0.4 is 11.2 Å². The molecule has 3 heterocycles. The van der Waals surface area contributed by atoms with Crippen LogP contribution in [0.15, 0.2) is 9.59 Å². The Hall–Kier alpha value is -1.89. The lowest BCUT2D eigenvalue weighted by Gasteiger charge is -2.16. The van der Waals surface area contributed by atoms with Crippen molar-refractivity contribution in [3.05, 3.63) is 26.7 Å². The first-order valence-electron chi connectivity index (χ1n) is 9.52. The summed E-state index contributed by atoms with van der Waals surface area (Å²) >= 11 is 0. The lowest BCUT2D eigenvalue weighted by molar-refractivity contribution is 0.260. The lowest BCUT2D eigenvalue weighted by Crippen LogP contribution is -2.40. The van der Waals surface area contributed by atoms with E-state index >= 15 is 0 Å². The van der Waals surface area contributed by atoms with Gasteiger partial charge >= 0.3 is 5.69 Å². The summed E-state index contributed by atoms with van der Waals surface area (Å²) in [5, 5.41) is 0. The summed E-state index contributed by atoms with van der Waals surface area (Å²) in [5.74, 6) is 2.35. The second-order valence-electron chi connectivity index (χ2n) is 7.78. The Morgan fingerprint density at radius 3 is 2.56 bits per heavy atom. The SMILES string of the molecule is CCCn1c(=O)c2[nH]c(C3C[C@H]4C[C@H]3[C@H]3O[C@@H]43)nc2n(CCC)c1=O. The molecule has 2 aromatic heterocycles. The summed E-state index contributed by atoms with van der Waals surface area (Å²) in [6.45, 7) is 5.02. The number of nitrogens with one attached hydrogen (secondary N) is 1. The molecular formula is C18H24N4O3. The number of imidazole rings is 1. The van der Waals surface area contributed by atoms with Crippen LogP contribution in [0.4, 0.5) is 0 Å². The smallest absolute Gasteiger partial charge is 0.332 e. The molecule has 5 rings (SSSR count). The van der Waals surface area contributed by atoms with E-state index in [0.29, 0.717) is 54.2 Å². The highest BCUT2D eigenvalue weighted by molar-refractivity contribution is 5.70. The summed E-state index contributed by atoms with van der Waals surface area (Å²) in [7, 11) is 0. The molecule has 3 aliphatic rings. The van der Waals surface area contributed by atoms with E-state index in [1.165, 1.54) is 11.0 Å². The maximum atomic E-state index is 12.8. The number of epoxide rings is 1. The topological polar surface area (TPSA) is 85.2 Å². The van der Waals surface area contributed by atoms with Crippen molar-refractivity contribution >= 4 is 11.2 Å². The third kappa shape index (κ3) is 2.05.